The van der Waals surface area contributed by atoms with Gasteiger partial charge in [0.05, 0.1) is 12.6 Å². The quantitative estimate of drug-likeness (QED) is 0.787. The predicted molar refractivity (Wildman–Crippen MR) is 81.9 cm³/mol. The van der Waals surface area contributed by atoms with Crippen LogP contribution in [0, 0.1) is 17.6 Å². The topological polar surface area (TPSA) is 44.4 Å². The summed E-state index contributed by atoms with van der Waals surface area (Å²) >= 11 is 0. The second kappa shape index (κ2) is 7.99. The standard InChI is InChI=1S/C16H20F5N3O/c1-10(12-2-3-13(17)14(18)6-12)23-15(25)22-7-11-4-5-24(8-11)9-16(19,20)21/h2-3,6,10-11H,4-5,7-9H2,1H3,(H2,22,23,25). The van der Waals surface area contributed by atoms with E-state index in [0.29, 0.717) is 18.5 Å². The summed E-state index contributed by atoms with van der Waals surface area (Å²) in [6.07, 6.45) is -3.64. The summed E-state index contributed by atoms with van der Waals surface area (Å²) < 4.78 is 63.1. The van der Waals surface area contributed by atoms with E-state index in [1.807, 2.05) is 0 Å². The molecule has 0 aliphatic carbocycles. The van der Waals surface area contributed by atoms with Crippen molar-refractivity contribution >= 4 is 6.03 Å². The van der Waals surface area contributed by atoms with Crippen molar-refractivity contribution in [3.05, 3.63) is 35.4 Å². The fourth-order valence-electron chi connectivity index (χ4n) is 2.83. The Morgan fingerprint density at radius 2 is 2.04 bits per heavy atom. The molecule has 1 aliphatic heterocycles. The van der Waals surface area contributed by atoms with Crippen LogP contribution in [0.1, 0.15) is 24.9 Å². The predicted octanol–water partition coefficient (Wildman–Crippen LogP) is 3.21. The Balaban J connectivity index is 1.74. The molecule has 4 nitrogen and oxygen atoms in total. The molecule has 1 fully saturated rings. The van der Waals surface area contributed by atoms with Crippen LogP contribution >= 0.6 is 0 Å². The highest BCUT2D eigenvalue weighted by molar-refractivity contribution is 5.74. The number of halogens is 5. The Bertz CT molecular complexity index is 608. The third kappa shape index (κ3) is 6.15. The van der Waals surface area contributed by atoms with E-state index in [1.54, 1.807) is 6.92 Å². The molecule has 2 atom stereocenters. The minimum absolute atomic E-state index is 0.0494. The van der Waals surface area contributed by atoms with E-state index < -0.39 is 36.4 Å². The van der Waals surface area contributed by atoms with Gasteiger partial charge in [-0.3, -0.25) is 4.90 Å². The third-order valence-corrected chi connectivity index (χ3v) is 4.12. The molecule has 0 aromatic heterocycles. The van der Waals surface area contributed by atoms with Gasteiger partial charge in [0, 0.05) is 13.1 Å². The zero-order chi connectivity index (χ0) is 18.6. The summed E-state index contributed by atoms with van der Waals surface area (Å²) in [6.45, 7) is 1.55. The highest BCUT2D eigenvalue weighted by atomic mass is 19.4. The summed E-state index contributed by atoms with van der Waals surface area (Å²) in [5.41, 5.74) is 0.409. The highest BCUT2D eigenvalue weighted by Gasteiger charge is 2.34. The van der Waals surface area contributed by atoms with Gasteiger partial charge in [0.2, 0.25) is 0 Å². The number of nitrogens with one attached hydrogen (secondary N) is 2. The maximum atomic E-state index is 13.2. The minimum Gasteiger partial charge on any atom is -0.338 e. The fraction of sp³-hybridized carbons (Fsp3) is 0.562. The van der Waals surface area contributed by atoms with Gasteiger partial charge in [-0.2, -0.15) is 13.2 Å². The average molecular weight is 365 g/mol. The van der Waals surface area contributed by atoms with Gasteiger partial charge in [0.15, 0.2) is 11.6 Å². The van der Waals surface area contributed by atoms with E-state index in [1.165, 1.54) is 11.0 Å². The SMILES string of the molecule is CC(NC(=O)NCC1CCN(CC(F)(F)F)C1)c1ccc(F)c(F)c1. The lowest BCUT2D eigenvalue weighted by molar-refractivity contribution is -0.143. The first-order valence-electron chi connectivity index (χ1n) is 7.92. The van der Waals surface area contributed by atoms with Gasteiger partial charge in [-0.05, 0) is 43.5 Å². The molecule has 0 saturated carbocycles. The number of nitrogens with zero attached hydrogens (tertiary/aromatic N) is 1. The van der Waals surface area contributed by atoms with Gasteiger partial charge in [-0.1, -0.05) is 6.07 Å². The van der Waals surface area contributed by atoms with E-state index in [2.05, 4.69) is 10.6 Å². The summed E-state index contributed by atoms with van der Waals surface area (Å²) in [6, 6.07) is 2.31. The Labute approximate surface area is 142 Å². The Hall–Kier alpha value is -1.90. The molecule has 2 N–H and O–H groups in total. The van der Waals surface area contributed by atoms with Crippen molar-refractivity contribution in [2.24, 2.45) is 5.92 Å². The zero-order valence-electron chi connectivity index (χ0n) is 13.7. The summed E-state index contributed by atoms with van der Waals surface area (Å²) in [4.78, 5) is 13.2. The third-order valence-electron chi connectivity index (χ3n) is 4.12. The average Bonchev–Trinajstić information content (AvgIpc) is 2.93. The number of urea groups is 1. The molecular weight excluding hydrogens is 345 g/mol. The first-order valence-corrected chi connectivity index (χ1v) is 7.92. The van der Waals surface area contributed by atoms with E-state index >= 15 is 0 Å². The molecular formula is C16H20F5N3O. The Morgan fingerprint density at radius 3 is 2.68 bits per heavy atom. The molecule has 25 heavy (non-hydrogen) atoms. The number of carbonyl (C=O) groups excluding carboxylic acids is 1. The van der Waals surface area contributed by atoms with Crippen LogP contribution < -0.4 is 10.6 Å². The van der Waals surface area contributed by atoms with Crippen LogP contribution in [0.3, 0.4) is 0 Å². The minimum atomic E-state index is -4.22. The molecule has 9 heteroatoms. The van der Waals surface area contributed by atoms with E-state index in [0.717, 1.165) is 12.1 Å². The number of likely N-dealkylation sites (tertiary alicyclic amines) is 1. The lowest BCUT2D eigenvalue weighted by Gasteiger charge is -2.19. The van der Waals surface area contributed by atoms with E-state index in [-0.39, 0.29) is 19.0 Å². The van der Waals surface area contributed by atoms with Crippen LogP contribution in [-0.4, -0.2) is 43.3 Å². The lowest BCUT2D eigenvalue weighted by atomic mass is 10.1. The first kappa shape index (κ1) is 19.4. The second-order valence-corrected chi connectivity index (χ2v) is 6.25. The normalized spacial score (nSPS) is 19.7. The molecule has 1 aromatic carbocycles. The van der Waals surface area contributed by atoms with Gasteiger partial charge < -0.3 is 10.6 Å². The molecule has 1 saturated heterocycles. The van der Waals surface area contributed by atoms with Crippen molar-refractivity contribution in [2.75, 3.05) is 26.2 Å². The molecule has 1 aromatic rings. The smallest absolute Gasteiger partial charge is 0.338 e. The number of amides is 2. The van der Waals surface area contributed by atoms with Crippen molar-refractivity contribution in [3.63, 3.8) is 0 Å². The summed E-state index contributed by atoms with van der Waals surface area (Å²) in [5.74, 6) is -2.01. The van der Waals surface area contributed by atoms with Crippen molar-refractivity contribution in [1.29, 1.82) is 0 Å². The van der Waals surface area contributed by atoms with Crippen molar-refractivity contribution in [2.45, 2.75) is 25.6 Å². The maximum absolute atomic E-state index is 13.2. The van der Waals surface area contributed by atoms with Crippen LogP contribution in [0.2, 0.25) is 0 Å². The van der Waals surface area contributed by atoms with Crippen LogP contribution in [0.15, 0.2) is 18.2 Å². The molecule has 2 unspecified atom stereocenters. The van der Waals surface area contributed by atoms with Crippen molar-refractivity contribution in [3.8, 4) is 0 Å². The van der Waals surface area contributed by atoms with E-state index in [9.17, 15) is 26.7 Å². The van der Waals surface area contributed by atoms with Gasteiger partial charge in [-0.25, -0.2) is 13.6 Å². The Kier molecular flexibility index (Phi) is 6.21. The number of alkyl halides is 3. The van der Waals surface area contributed by atoms with E-state index in [4.69, 9.17) is 0 Å². The van der Waals surface area contributed by atoms with Crippen LogP contribution in [0.4, 0.5) is 26.7 Å². The number of hydrogen-bond donors (Lipinski definition) is 2. The molecule has 0 bridgehead atoms. The highest BCUT2D eigenvalue weighted by Crippen LogP contribution is 2.22. The fourth-order valence-corrected chi connectivity index (χ4v) is 2.83. The second-order valence-electron chi connectivity index (χ2n) is 6.25. The molecule has 140 valence electrons. The monoisotopic (exact) mass is 365 g/mol. The number of carbonyl (C=O) groups is 1. The first-order chi connectivity index (χ1) is 11.6. The molecule has 2 amide bonds. The molecule has 2 rings (SSSR count). The molecule has 0 spiro atoms. The lowest BCUT2D eigenvalue weighted by Crippen LogP contribution is -2.40. The van der Waals surface area contributed by atoms with Gasteiger partial charge in [-0.15, -0.1) is 0 Å². The maximum Gasteiger partial charge on any atom is 0.401 e. The zero-order valence-corrected chi connectivity index (χ0v) is 13.7. The molecule has 1 heterocycles. The number of hydrogen-bond acceptors (Lipinski definition) is 2. The van der Waals surface area contributed by atoms with Crippen LogP contribution in [-0.2, 0) is 0 Å². The Morgan fingerprint density at radius 1 is 1.32 bits per heavy atom. The van der Waals surface area contributed by atoms with Gasteiger partial charge in [0.1, 0.15) is 0 Å². The molecule has 1 aliphatic rings. The summed E-state index contributed by atoms with van der Waals surface area (Å²) in [7, 11) is 0. The van der Waals surface area contributed by atoms with Crippen molar-refractivity contribution in [1.82, 2.24) is 15.5 Å². The number of rotatable bonds is 5. The largest absolute Gasteiger partial charge is 0.401 e. The van der Waals surface area contributed by atoms with Crippen LogP contribution in [0.25, 0.3) is 0 Å². The summed E-state index contributed by atoms with van der Waals surface area (Å²) in [5, 5.41) is 5.19. The van der Waals surface area contributed by atoms with Crippen molar-refractivity contribution < 1.29 is 26.7 Å². The number of benzene rings is 1. The molecule has 0 radical (unpaired) electrons. The van der Waals surface area contributed by atoms with Gasteiger partial charge >= 0.3 is 12.2 Å². The van der Waals surface area contributed by atoms with Crippen LogP contribution in [0.5, 0.6) is 0 Å². The van der Waals surface area contributed by atoms with Gasteiger partial charge in [0.25, 0.3) is 0 Å².